The van der Waals surface area contributed by atoms with E-state index in [1.54, 1.807) is 23.5 Å². The highest BCUT2D eigenvalue weighted by Crippen LogP contribution is 2.36. The van der Waals surface area contributed by atoms with Crippen LogP contribution in [0.15, 0.2) is 71.1 Å². The Kier molecular flexibility index (Phi) is 5.70. The van der Waals surface area contributed by atoms with Gasteiger partial charge in [0.1, 0.15) is 16.5 Å². The molecule has 1 fully saturated rings. The largest absolute Gasteiger partial charge is 0.334 e. The van der Waals surface area contributed by atoms with Gasteiger partial charge in [-0.3, -0.25) is 4.79 Å². The average molecular weight is 450 g/mol. The van der Waals surface area contributed by atoms with Crippen molar-refractivity contribution in [2.24, 2.45) is 0 Å². The minimum Gasteiger partial charge on any atom is -0.334 e. The van der Waals surface area contributed by atoms with Gasteiger partial charge in [-0.25, -0.2) is 4.39 Å². The second-order valence-corrected chi connectivity index (χ2v) is 9.40. The second kappa shape index (κ2) is 8.77. The maximum atomic E-state index is 13.3. The van der Waals surface area contributed by atoms with Crippen LogP contribution in [0.2, 0.25) is 0 Å². The van der Waals surface area contributed by atoms with Gasteiger partial charge < -0.3 is 4.90 Å². The minimum absolute atomic E-state index is 0.134. The molecular formula is C24H20FN3OS2. The van der Waals surface area contributed by atoms with Crippen LogP contribution in [-0.2, 0) is 4.79 Å². The molecule has 3 heterocycles. The molecule has 1 amide bonds. The van der Waals surface area contributed by atoms with Crippen molar-refractivity contribution in [2.45, 2.75) is 23.9 Å². The first-order chi connectivity index (χ1) is 15.2. The highest BCUT2D eigenvalue weighted by atomic mass is 32.2. The van der Waals surface area contributed by atoms with Crippen LogP contribution >= 0.6 is 23.1 Å². The highest BCUT2D eigenvalue weighted by molar-refractivity contribution is 8.00. The Balaban J connectivity index is 1.38. The summed E-state index contributed by atoms with van der Waals surface area (Å²) < 4.78 is 13.3. The molecule has 2 aromatic heterocycles. The number of likely N-dealkylation sites (tertiary alicyclic amines) is 1. The van der Waals surface area contributed by atoms with Crippen molar-refractivity contribution in [1.29, 1.82) is 0 Å². The van der Waals surface area contributed by atoms with Crippen molar-refractivity contribution in [1.82, 2.24) is 15.1 Å². The first-order valence-corrected chi connectivity index (χ1v) is 12.0. The number of halogens is 1. The van der Waals surface area contributed by atoms with E-state index in [0.717, 1.165) is 40.7 Å². The lowest BCUT2D eigenvalue weighted by atomic mass is 10.1. The molecule has 1 unspecified atom stereocenters. The molecule has 0 bridgehead atoms. The number of thioether (sulfide) groups is 1. The van der Waals surface area contributed by atoms with E-state index >= 15 is 0 Å². The molecule has 31 heavy (non-hydrogen) atoms. The van der Waals surface area contributed by atoms with Gasteiger partial charge in [-0.1, -0.05) is 42.1 Å². The van der Waals surface area contributed by atoms with E-state index < -0.39 is 0 Å². The number of amides is 1. The van der Waals surface area contributed by atoms with Crippen molar-refractivity contribution in [2.75, 3.05) is 12.3 Å². The number of rotatable bonds is 5. The Bertz CT molecular complexity index is 1210. The molecule has 1 aliphatic heterocycles. The number of aromatic nitrogens is 2. The van der Waals surface area contributed by atoms with Crippen molar-refractivity contribution < 1.29 is 9.18 Å². The van der Waals surface area contributed by atoms with Gasteiger partial charge in [0.25, 0.3) is 0 Å². The molecule has 0 N–H and O–H groups in total. The first kappa shape index (κ1) is 20.2. The van der Waals surface area contributed by atoms with E-state index in [1.165, 1.54) is 28.8 Å². The summed E-state index contributed by atoms with van der Waals surface area (Å²) >= 11 is 3.14. The number of hydrogen-bond donors (Lipinski definition) is 0. The van der Waals surface area contributed by atoms with Crippen LogP contribution in [-0.4, -0.2) is 33.3 Å². The van der Waals surface area contributed by atoms with Gasteiger partial charge in [0.15, 0.2) is 0 Å². The molecular weight excluding hydrogens is 429 g/mol. The summed E-state index contributed by atoms with van der Waals surface area (Å²) in [6.45, 7) is 0.803. The average Bonchev–Trinajstić information content (AvgIpc) is 3.50. The molecule has 0 saturated carbocycles. The molecule has 1 saturated heterocycles. The van der Waals surface area contributed by atoms with Gasteiger partial charge in [-0.05, 0) is 48.6 Å². The topological polar surface area (TPSA) is 46.1 Å². The Morgan fingerprint density at radius 3 is 2.65 bits per heavy atom. The zero-order valence-corrected chi connectivity index (χ0v) is 18.3. The second-order valence-electron chi connectivity index (χ2n) is 7.46. The molecule has 1 atom stereocenters. The molecule has 0 radical (unpaired) electrons. The highest BCUT2D eigenvalue weighted by Gasteiger charge is 2.30. The van der Waals surface area contributed by atoms with E-state index in [-0.39, 0.29) is 17.8 Å². The monoisotopic (exact) mass is 449 g/mol. The summed E-state index contributed by atoms with van der Waals surface area (Å²) in [5.74, 6) is 0.181. The number of benzene rings is 2. The van der Waals surface area contributed by atoms with Crippen LogP contribution in [0.25, 0.3) is 22.0 Å². The van der Waals surface area contributed by atoms with Crippen LogP contribution in [0.3, 0.4) is 0 Å². The van der Waals surface area contributed by atoms with Crippen LogP contribution in [0.5, 0.6) is 0 Å². The predicted molar refractivity (Wildman–Crippen MR) is 124 cm³/mol. The summed E-state index contributed by atoms with van der Waals surface area (Å²) in [7, 11) is 0. The molecule has 156 valence electrons. The van der Waals surface area contributed by atoms with Crippen LogP contribution in [0.1, 0.15) is 23.8 Å². The zero-order valence-electron chi connectivity index (χ0n) is 16.7. The summed E-state index contributed by atoms with van der Waals surface area (Å²) in [6, 6.07) is 18.5. The molecule has 0 aliphatic carbocycles. The van der Waals surface area contributed by atoms with Crippen molar-refractivity contribution in [3.63, 3.8) is 0 Å². The van der Waals surface area contributed by atoms with E-state index in [9.17, 15) is 9.18 Å². The number of thiophene rings is 1. The Morgan fingerprint density at radius 1 is 1.06 bits per heavy atom. The van der Waals surface area contributed by atoms with Gasteiger partial charge in [0.2, 0.25) is 5.91 Å². The van der Waals surface area contributed by atoms with E-state index in [1.807, 2.05) is 35.2 Å². The van der Waals surface area contributed by atoms with Crippen LogP contribution in [0, 0.1) is 5.82 Å². The van der Waals surface area contributed by atoms with E-state index in [2.05, 4.69) is 21.6 Å². The number of fused-ring (bicyclic) bond motifs is 1. The summed E-state index contributed by atoms with van der Waals surface area (Å²) in [5, 5.41) is 13.5. The number of carbonyl (C=O) groups is 1. The zero-order chi connectivity index (χ0) is 21.2. The molecule has 4 aromatic rings. The summed E-state index contributed by atoms with van der Waals surface area (Å²) in [4.78, 5) is 16.3. The summed E-state index contributed by atoms with van der Waals surface area (Å²) in [5.41, 5.74) is 1.53. The fraction of sp³-hybridized carbons (Fsp3) is 0.208. The van der Waals surface area contributed by atoms with Gasteiger partial charge in [0, 0.05) is 27.8 Å². The van der Waals surface area contributed by atoms with Crippen molar-refractivity contribution in [3.8, 4) is 11.3 Å². The Labute approximate surface area is 188 Å². The van der Waals surface area contributed by atoms with Crippen molar-refractivity contribution >= 4 is 39.8 Å². The third-order valence-electron chi connectivity index (χ3n) is 5.55. The number of carbonyl (C=O) groups excluding carboxylic acids is 1. The molecule has 4 nitrogen and oxygen atoms in total. The first-order valence-electron chi connectivity index (χ1n) is 10.2. The van der Waals surface area contributed by atoms with Crippen LogP contribution in [0.4, 0.5) is 4.39 Å². The van der Waals surface area contributed by atoms with Gasteiger partial charge in [0.05, 0.1) is 11.8 Å². The Hall–Kier alpha value is -2.77. The van der Waals surface area contributed by atoms with E-state index in [4.69, 9.17) is 0 Å². The SMILES string of the molecule is O=C(CSc1nnc(-c2ccc(F)cc2)c2ccccc12)N1CCCC1c1cccs1. The smallest absolute Gasteiger partial charge is 0.233 e. The van der Waals surface area contributed by atoms with Crippen LogP contribution < -0.4 is 0 Å². The lowest BCUT2D eigenvalue weighted by molar-refractivity contribution is -0.129. The lowest BCUT2D eigenvalue weighted by Gasteiger charge is -2.23. The van der Waals surface area contributed by atoms with Gasteiger partial charge >= 0.3 is 0 Å². The minimum atomic E-state index is -0.283. The van der Waals surface area contributed by atoms with E-state index in [0.29, 0.717) is 11.4 Å². The van der Waals surface area contributed by atoms with Crippen molar-refractivity contribution in [3.05, 3.63) is 76.7 Å². The fourth-order valence-corrected chi connectivity index (χ4v) is 5.79. The third kappa shape index (κ3) is 4.07. The van der Waals surface area contributed by atoms with Gasteiger partial charge in [-0.2, -0.15) is 0 Å². The number of hydrogen-bond acceptors (Lipinski definition) is 5. The summed E-state index contributed by atoms with van der Waals surface area (Å²) in [6.07, 6.45) is 2.06. The maximum absolute atomic E-state index is 13.3. The molecule has 2 aromatic carbocycles. The standard InChI is InChI=1S/C24H20FN3OS2/c25-17-11-9-16(10-12-17)23-18-5-1-2-6-19(18)24(27-26-23)31-15-22(29)28-13-3-7-20(28)21-8-4-14-30-21/h1-2,4-6,8-12,14,20H,3,7,13,15H2. The molecule has 5 rings (SSSR count). The van der Waals surface area contributed by atoms with Gasteiger partial charge in [-0.15, -0.1) is 21.5 Å². The Morgan fingerprint density at radius 2 is 1.87 bits per heavy atom. The maximum Gasteiger partial charge on any atom is 0.233 e. The normalized spacial score (nSPS) is 16.2. The predicted octanol–water partition coefficient (Wildman–Crippen LogP) is 5.95. The lowest BCUT2D eigenvalue weighted by Crippen LogP contribution is -2.31. The molecule has 1 aliphatic rings. The quantitative estimate of drug-likeness (QED) is 0.353. The third-order valence-corrected chi connectivity index (χ3v) is 7.49. The molecule has 0 spiro atoms. The fourth-order valence-electron chi connectivity index (χ4n) is 4.06. The number of nitrogens with zero attached hydrogens (tertiary/aromatic N) is 3. The molecule has 7 heteroatoms.